The highest BCUT2D eigenvalue weighted by atomic mass is 79.9. The van der Waals surface area contributed by atoms with Crippen LogP contribution in [0, 0.1) is 0 Å². The highest BCUT2D eigenvalue weighted by molar-refractivity contribution is 9.10. The van der Waals surface area contributed by atoms with E-state index < -0.39 is 0 Å². The second-order valence-electron chi connectivity index (χ2n) is 4.08. The monoisotopic (exact) mass is 301 g/mol. The van der Waals surface area contributed by atoms with Crippen molar-refractivity contribution >= 4 is 32.5 Å². The number of aromatic nitrogens is 2. The molecule has 0 aliphatic carbocycles. The molecule has 0 radical (unpaired) electrons. The molecule has 0 bridgehead atoms. The average Bonchev–Trinajstić information content (AvgIpc) is 2.86. The van der Waals surface area contributed by atoms with E-state index in [9.17, 15) is 0 Å². The van der Waals surface area contributed by atoms with Crippen molar-refractivity contribution in [3.05, 3.63) is 58.7 Å². The van der Waals surface area contributed by atoms with Crippen LogP contribution in [0.15, 0.2) is 53.1 Å². The third-order valence-corrected chi connectivity index (χ3v) is 3.68. The number of halogens is 1. The maximum Gasteiger partial charge on any atom is 0.0881 e. The van der Waals surface area contributed by atoms with Gasteiger partial charge in [0.2, 0.25) is 0 Å². The number of nitrogens with one attached hydrogen (secondary N) is 2. The first-order chi connectivity index (χ1) is 8.84. The zero-order chi connectivity index (χ0) is 12.4. The van der Waals surface area contributed by atoms with Gasteiger partial charge in [0.15, 0.2) is 0 Å². The molecule has 0 saturated heterocycles. The van der Waals surface area contributed by atoms with Gasteiger partial charge in [0.1, 0.15) is 0 Å². The summed E-state index contributed by atoms with van der Waals surface area (Å²) < 4.78 is 1.12. The molecule has 3 aromatic rings. The first kappa shape index (κ1) is 11.3. The van der Waals surface area contributed by atoms with Gasteiger partial charge in [0.25, 0.3) is 0 Å². The number of rotatable bonds is 3. The Morgan fingerprint density at radius 3 is 2.89 bits per heavy atom. The summed E-state index contributed by atoms with van der Waals surface area (Å²) >= 11 is 3.55. The molecule has 0 atom stereocenters. The lowest BCUT2D eigenvalue weighted by Crippen LogP contribution is -2.00. The second kappa shape index (κ2) is 4.82. The molecule has 90 valence electrons. The Labute approximate surface area is 113 Å². The minimum Gasteiger partial charge on any atom is -0.379 e. The van der Waals surface area contributed by atoms with Gasteiger partial charge in [0, 0.05) is 16.4 Å². The highest BCUT2D eigenvalue weighted by Gasteiger charge is 2.03. The molecular formula is C14H12BrN3. The summed E-state index contributed by atoms with van der Waals surface area (Å²) in [5.41, 5.74) is 3.35. The molecule has 0 aliphatic heterocycles. The third-order valence-electron chi connectivity index (χ3n) is 2.90. The van der Waals surface area contributed by atoms with Crippen LogP contribution in [0.5, 0.6) is 0 Å². The Morgan fingerprint density at radius 2 is 2.00 bits per heavy atom. The summed E-state index contributed by atoms with van der Waals surface area (Å²) in [6.45, 7) is 0.777. The molecule has 1 heterocycles. The molecule has 18 heavy (non-hydrogen) atoms. The largest absolute Gasteiger partial charge is 0.379 e. The minimum atomic E-state index is 0.777. The summed E-state index contributed by atoms with van der Waals surface area (Å²) in [6, 6.07) is 14.3. The quantitative estimate of drug-likeness (QED) is 0.769. The molecule has 3 rings (SSSR count). The number of hydrogen-bond acceptors (Lipinski definition) is 2. The molecule has 4 heteroatoms. The zero-order valence-electron chi connectivity index (χ0n) is 9.65. The average molecular weight is 302 g/mol. The van der Waals surface area contributed by atoms with Crippen LogP contribution >= 0.6 is 15.9 Å². The Kier molecular flexibility index (Phi) is 3.02. The van der Waals surface area contributed by atoms with Crippen molar-refractivity contribution in [2.75, 3.05) is 5.32 Å². The molecular weight excluding hydrogens is 290 g/mol. The lowest BCUT2D eigenvalue weighted by atomic mass is 10.2. The maximum absolute atomic E-state index is 4.06. The molecule has 1 aromatic heterocycles. The molecule has 0 aliphatic rings. The number of aromatic amines is 1. The number of H-pyrrole nitrogens is 1. The van der Waals surface area contributed by atoms with E-state index in [1.807, 2.05) is 36.5 Å². The van der Waals surface area contributed by atoms with Crippen molar-refractivity contribution in [1.29, 1.82) is 0 Å². The molecule has 0 amide bonds. The molecule has 3 nitrogen and oxygen atoms in total. The fraction of sp³-hybridized carbons (Fsp3) is 0.0714. The Bertz CT molecular complexity index is 675. The standard InChI is InChI=1S/C14H12BrN3/c15-12-6-2-1-4-10(12)8-16-13-7-3-5-11-9-17-18-14(11)13/h1-7,9,16H,8H2,(H,17,18). The molecule has 0 fully saturated rings. The van der Waals surface area contributed by atoms with E-state index in [0.29, 0.717) is 0 Å². The fourth-order valence-electron chi connectivity index (χ4n) is 1.95. The van der Waals surface area contributed by atoms with Gasteiger partial charge in [-0.05, 0) is 17.7 Å². The van der Waals surface area contributed by atoms with Gasteiger partial charge in [-0.1, -0.05) is 46.3 Å². The Balaban J connectivity index is 1.85. The van der Waals surface area contributed by atoms with E-state index >= 15 is 0 Å². The number of anilines is 1. The summed E-state index contributed by atoms with van der Waals surface area (Å²) in [5.74, 6) is 0. The fourth-order valence-corrected chi connectivity index (χ4v) is 2.37. The van der Waals surface area contributed by atoms with Gasteiger partial charge in [-0.15, -0.1) is 0 Å². The summed E-state index contributed by atoms with van der Waals surface area (Å²) in [7, 11) is 0. The van der Waals surface area contributed by atoms with Gasteiger partial charge in [-0.2, -0.15) is 5.10 Å². The topological polar surface area (TPSA) is 40.7 Å². The summed E-state index contributed by atoms with van der Waals surface area (Å²) in [4.78, 5) is 0. The molecule has 0 unspecified atom stereocenters. The van der Waals surface area contributed by atoms with E-state index in [1.54, 1.807) is 0 Å². The zero-order valence-corrected chi connectivity index (χ0v) is 11.2. The first-order valence-corrected chi connectivity index (χ1v) is 6.53. The van der Waals surface area contributed by atoms with E-state index in [1.165, 1.54) is 5.56 Å². The molecule has 0 saturated carbocycles. The van der Waals surface area contributed by atoms with Gasteiger partial charge in [-0.3, -0.25) is 5.10 Å². The van der Waals surface area contributed by atoms with Gasteiger partial charge in [0.05, 0.1) is 17.4 Å². The lowest BCUT2D eigenvalue weighted by Gasteiger charge is -2.08. The highest BCUT2D eigenvalue weighted by Crippen LogP contribution is 2.22. The Morgan fingerprint density at radius 1 is 1.11 bits per heavy atom. The first-order valence-electron chi connectivity index (χ1n) is 5.74. The number of hydrogen-bond donors (Lipinski definition) is 2. The van der Waals surface area contributed by atoms with Crippen molar-refractivity contribution in [3.8, 4) is 0 Å². The van der Waals surface area contributed by atoms with Crippen molar-refractivity contribution in [2.45, 2.75) is 6.54 Å². The van der Waals surface area contributed by atoms with Crippen molar-refractivity contribution in [3.63, 3.8) is 0 Å². The summed E-state index contributed by atoms with van der Waals surface area (Å²) in [6.07, 6.45) is 1.83. The van der Waals surface area contributed by atoms with E-state index in [4.69, 9.17) is 0 Å². The van der Waals surface area contributed by atoms with Crippen LogP contribution in [-0.2, 0) is 6.54 Å². The maximum atomic E-state index is 4.06. The van der Waals surface area contributed by atoms with Crippen molar-refractivity contribution in [1.82, 2.24) is 10.2 Å². The summed E-state index contributed by atoms with van der Waals surface area (Å²) in [5, 5.41) is 11.6. The van der Waals surface area contributed by atoms with E-state index in [-0.39, 0.29) is 0 Å². The predicted molar refractivity (Wildman–Crippen MR) is 77.6 cm³/mol. The smallest absolute Gasteiger partial charge is 0.0881 e. The normalized spacial score (nSPS) is 10.7. The van der Waals surface area contributed by atoms with Crippen LogP contribution in [0.2, 0.25) is 0 Å². The number of benzene rings is 2. The van der Waals surface area contributed by atoms with Crippen LogP contribution in [0.25, 0.3) is 10.9 Å². The van der Waals surface area contributed by atoms with Crippen LogP contribution in [0.1, 0.15) is 5.56 Å². The van der Waals surface area contributed by atoms with Gasteiger partial charge >= 0.3 is 0 Å². The van der Waals surface area contributed by atoms with E-state index in [0.717, 1.165) is 27.6 Å². The van der Waals surface area contributed by atoms with Crippen LogP contribution < -0.4 is 5.32 Å². The van der Waals surface area contributed by atoms with Crippen LogP contribution in [0.4, 0.5) is 5.69 Å². The lowest BCUT2D eigenvalue weighted by molar-refractivity contribution is 1.10. The van der Waals surface area contributed by atoms with Crippen LogP contribution in [0.3, 0.4) is 0 Å². The molecule has 0 spiro atoms. The third kappa shape index (κ3) is 2.11. The molecule has 2 N–H and O–H groups in total. The Hall–Kier alpha value is -1.81. The number of nitrogens with zero attached hydrogens (tertiary/aromatic N) is 1. The number of fused-ring (bicyclic) bond motifs is 1. The predicted octanol–water partition coefficient (Wildman–Crippen LogP) is 3.94. The van der Waals surface area contributed by atoms with Crippen LogP contribution in [-0.4, -0.2) is 10.2 Å². The molecule has 2 aromatic carbocycles. The second-order valence-corrected chi connectivity index (χ2v) is 4.94. The SMILES string of the molecule is Brc1ccccc1CNc1cccc2cn[nH]c12. The van der Waals surface area contributed by atoms with Crippen molar-refractivity contribution < 1.29 is 0 Å². The van der Waals surface area contributed by atoms with Gasteiger partial charge in [-0.25, -0.2) is 0 Å². The van der Waals surface area contributed by atoms with Crippen molar-refractivity contribution in [2.24, 2.45) is 0 Å². The number of para-hydroxylation sites is 1. The minimum absolute atomic E-state index is 0.777. The van der Waals surface area contributed by atoms with Gasteiger partial charge < -0.3 is 5.32 Å². The van der Waals surface area contributed by atoms with E-state index in [2.05, 4.69) is 43.6 Å².